The summed E-state index contributed by atoms with van der Waals surface area (Å²) >= 11 is 0. The molecule has 0 radical (unpaired) electrons. The second-order valence-corrected chi connectivity index (χ2v) is 6.32. The van der Waals surface area contributed by atoms with Crippen LogP contribution in [-0.4, -0.2) is 31.8 Å². The van der Waals surface area contributed by atoms with Gasteiger partial charge in [0.1, 0.15) is 0 Å². The molecule has 1 aliphatic rings. The second-order valence-electron chi connectivity index (χ2n) is 6.32. The Morgan fingerprint density at radius 3 is 2.25 bits per heavy atom. The molecule has 0 aromatic carbocycles. The van der Waals surface area contributed by atoms with Crippen LogP contribution in [0.5, 0.6) is 0 Å². The van der Waals surface area contributed by atoms with E-state index in [0.717, 1.165) is 25.7 Å². The Bertz CT molecular complexity index is 208. The van der Waals surface area contributed by atoms with E-state index in [-0.39, 0.29) is 5.54 Å². The molecule has 3 nitrogen and oxygen atoms in total. The minimum atomic E-state index is 0.0441. The van der Waals surface area contributed by atoms with Crippen LogP contribution in [0.3, 0.4) is 0 Å². The molecule has 16 heavy (non-hydrogen) atoms. The van der Waals surface area contributed by atoms with Gasteiger partial charge >= 0.3 is 0 Å². The first-order valence-electron chi connectivity index (χ1n) is 6.40. The first-order chi connectivity index (χ1) is 7.37. The van der Waals surface area contributed by atoms with Crippen LogP contribution in [0.4, 0.5) is 0 Å². The van der Waals surface area contributed by atoms with Gasteiger partial charge in [-0.15, -0.1) is 0 Å². The molecule has 0 spiro atoms. The highest BCUT2D eigenvalue weighted by molar-refractivity contribution is 4.86. The maximum atomic E-state index is 5.73. The summed E-state index contributed by atoms with van der Waals surface area (Å²) in [6.07, 6.45) is 2.38. The standard InChI is InChI=1S/C13H28N2O/c1-12(2,10-15-13(3,4)9-14)11-5-7-16-8-6-11/h11,15H,5-10,14H2,1-4H3. The van der Waals surface area contributed by atoms with Crippen LogP contribution < -0.4 is 11.1 Å². The molecule has 0 aromatic heterocycles. The van der Waals surface area contributed by atoms with Gasteiger partial charge in [0.25, 0.3) is 0 Å². The number of rotatable bonds is 5. The van der Waals surface area contributed by atoms with Crippen LogP contribution in [0, 0.1) is 11.3 Å². The van der Waals surface area contributed by atoms with Crippen molar-refractivity contribution in [1.82, 2.24) is 5.32 Å². The summed E-state index contributed by atoms with van der Waals surface area (Å²) in [5.41, 5.74) is 6.11. The van der Waals surface area contributed by atoms with Crippen molar-refractivity contribution in [3.05, 3.63) is 0 Å². The van der Waals surface area contributed by atoms with Crippen molar-refractivity contribution in [1.29, 1.82) is 0 Å². The molecule has 0 saturated carbocycles. The van der Waals surface area contributed by atoms with Gasteiger partial charge in [0.15, 0.2) is 0 Å². The van der Waals surface area contributed by atoms with Gasteiger partial charge in [0.05, 0.1) is 0 Å². The van der Waals surface area contributed by atoms with Crippen molar-refractivity contribution in [2.24, 2.45) is 17.1 Å². The summed E-state index contributed by atoms with van der Waals surface area (Å²) in [5, 5.41) is 3.58. The SMILES string of the molecule is CC(C)(CN)NCC(C)(C)C1CCOCC1. The fraction of sp³-hybridized carbons (Fsp3) is 1.00. The molecule has 0 atom stereocenters. The van der Waals surface area contributed by atoms with Crippen molar-refractivity contribution < 1.29 is 4.74 Å². The first-order valence-corrected chi connectivity index (χ1v) is 6.40. The Labute approximate surface area is 100 Å². The highest BCUT2D eigenvalue weighted by atomic mass is 16.5. The first kappa shape index (κ1) is 13.9. The molecule has 0 aliphatic carbocycles. The molecule has 0 aromatic rings. The lowest BCUT2D eigenvalue weighted by Crippen LogP contribution is -2.51. The lowest BCUT2D eigenvalue weighted by atomic mass is 9.74. The fourth-order valence-electron chi connectivity index (χ4n) is 2.16. The summed E-state index contributed by atoms with van der Waals surface area (Å²) in [7, 11) is 0. The van der Waals surface area contributed by atoms with E-state index in [4.69, 9.17) is 10.5 Å². The van der Waals surface area contributed by atoms with Gasteiger partial charge in [-0.1, -0.05) is 13.8 Å². The van der Waals surface area contributed by atoms with Crippen LogP contribution >= 0.6 is 0 Å². The third-order valence-electron chi connectivity index (χ3n) is 3.86. The monoisotopic (exact) mass is 228 g/mol. The summed E-state index contributed by atoms with van der Waals surface area (Å²) in [6, 6.07) is 0. The smallest absolute Gasteiger partial charge is 0.0468 e. The van der Waals surface area contributed by atoms with E-state index in [2.05, 4.69) is 33.0 Å². The van der Waals surface area contributed by atoms with Gasteiger partial charge in [0, 0.05) is 31.8 Å². The average molecular weight is 228 g/mol. The zero-order valence-corrected chi connectivity index (χ0v) is 11.3. The van der Waals surface area contributed by atoms with Crippen molar-refractivity contribution in [2.75, 3.05) is 26.3 Å². The Kier molecular flexibility index (Phi) is 4.77. The second kappa shape index (κ2) is 5.48. The van der Waals surface area contributed by atoms with Crippen LogP contribution in [-0.2, 0) is 4.74 Å². The third kappa shape index (κ3) is 4.04. The van der Waals surface area contributed by atoms with E-state index in [1.807, 2.05) is 0 Å². The van der Waals surface area contributed by atoms with E-state index in [9.17, 15) is 0 Å². The van der Waals surface area contributed by atoms with E-state index >= 15 is 0 Å². The number of hydrogen-bond donors (Lipinski definition) is 2. The van der Waals surface area contributed by atoms with Crippen molar-refractivity contribution in [3.8, 4) is 0 Å². The maximum Gasteiger partial charge on any atom is 0.0468 e. The van der Waals surface area contributed by atoms with Gasteiger partial charge in [-0.2, -0.15) is 0 Å². The normalized spacial score (nSPS) is 20.1. The van der Waals surface area contributed by atoms with Crippen molar-refractivity contribution in [2.45, 2.75) is 46.1 Å². The largest absolute Gasteiger partial charge is 0.381 e. The Balaban J connectivity index is 2.43. The Hall–Kier alpha value is -0.120. The number of hydrogen-bond acceptors (Lipinski definition) is 3. The minimum Gasteiger partial charge on any atom is -0.381 e. The molecule has 0 bridgehead atoms. The van der Waals surface area contributed by atoms with Crippen LogP contribution in [0.2, 0.25) is 0 Å². The molecular formula is C13H28N2O. The number of ether oxygens (including phenoxy) is 1. The molecule has 1 rings (SSSR count). The summed E-state index contributed by atoms with van der Waals surface area (Å²) in [5.74, 6) is 0.766. The predicted molar refractivity (Wildman–Crippen MR) is 68.5 cm³/mol. The highest BCUT2D eigenvalue weighted by Crippen LogP contribution is 2.34. The van der Waals surface area contributed by atoms with Gasteiger partial charge in [-0.3, -0.25) is 0 Å². The molecule has 1 fully saturated rings. The lowest BCUT2D eigenvalue weighted by molar-refractivity contribution is 0.0208. The molecular weight excluding hydrogens is 200 g/mol. The zero-order valence-electron chi connectivity index (χ0n) is 11.3. The van der Waals surface area contributed by atoms with Gasteiger partial charge in [-0.05, 0) is 38.0 Å². The predicted octanol–water partition coefficient (Wildman–Crippen LogP) is 1.77. The topological polar surface area (TPSA) is 47.3 Å². The van der Waals surface area contributed by atoms with Gasteiger partial charge in [0.2, 0.25) is 0 Å². The molecule has 1 aliphatic heterocycles. The molecule has 96 valence electrons. The summed E-state index contributed by atoms with van der Waals surface area (Å²) < 4.78 is 5.42. The quantitative estimate of drug-likeness (QED) is 0.754. The molecule has 1 saturated heterocycles. The molecule has 3 heteroatoms. The fourth-order valence-corrected chi connectivity index (χ4v) is 2.16. The van der Waals surface area contributed by atoms with E-state index in [1.54, 1.807) is 0 Å². The third-order valence-corrected chi connectivity index (χ3v) is 3.86. The summed E-state index contributed by atoms with van der Waals surface area (Å²) in [4.78, 5) is 0. The molecule has 3 N–H and O–H groups in total. The van der Waals surface area contributed by atoms with Crippen LogP contribution in [0.15, 0.2) is 0 Å². The number of nitrogens with one attached hydrogen (secondary N) is 1. The summed E-state index contributed by atoms with van der Waals surface area (Å²) in [6.45, 7) is 12.6. The minimum absolute atomic E-state index is 0.0441. The van der Waals surface area contributed by atoms with Crippen LogP contribution in [0.25, 0.3) is 0 Å². The Morgan fingerprint density at radius 1 is 1.19 bits per heavy atom. The zero-order chi connectivity index (χ0) is 12.2. The maximum absolute atomic E-state index is 5.73. The van der Waals surface area contributed by atoms with Gasteiger partial charge in [-0.25, -0.2) is 0 Å². The van der Waals surface area contributed by atoms with E-state index in [1.165, 1.54) is 12.8 Å². The van der Waals surface area contributed by atoms with E-state index < -0.39 is 0 Å². The van der Waals surface area contributed by atoms with E-state index in [0.29, 0.717) is 12.0 Å². The molecule has 0 amide bonds. The molecule has 1 heterocycles. The van der Waals surface area contributed by atoms with Crippen molar-refractivity contribution in [3.63, 3.8) is 0 Å². The lowest BCUT2D eigenvalue weighted by Gasteiger charge is -2.39. The Morgan fingerprint density at radius 2 is 1.75 bits per heavy atom. The highest BCUT2D eigenvalue weighted by Gasteiger charge is 2.32. The molecule has 0 unspecified atom stereocenters. The number of nitrogens with two attached hydrogens (primary N) is 1. The average Bonchev–Trinajstić information content (AvgIpc) is 2.28. The van der Waals surface area contributed by atoms with Crippen LogP contribution in [0.1, 0.15) is 40.5 Å². The van der Waals surface area contributed by atoms with Gasteiger partial charge < -0.3 is 15.8 Å². The van der Waals surface area contributed by atoms with Crippen molar-refractivity contribution >= 4 is 0 Å².